The Hall–Kier alpha value is -2.99. The van der Waals surface area contributed by atoms with Crippen LogP contribution in [0.25, 0.3) is 10.9 Å². The molecule has 24 heavy (non-hydrogen) atoms. The van der Waals surface area contributed by atoms with E-state index in [9.17, 15) is 4.79 Å². The lowest BCUT2D eigenvalue weighted by atomic mass is 10.1. The lowest BCUT2D eigenvalue weighted by Crippen LogP contribution is -2.17. The molecular weight excluding hydrogens is 328 g/mol. The van der Waals surface area contributed by atoms with Gasteiger partial charge in [-0.2, -0.15) is 5.10 Å². The highest BCUT2D eigenvalue weighted by molar-refractivity contribution is 6.32. The van der Waals surface area contributed by atoms with Crippen LogP contribution < -0.4 is 10.2 Å². The largest absolute Gasteiger partial charge is 0.497 e. The number of pyridine rings is 2. The Kier molecular flexibility index (Phi) is 4.67. The van der Waals surface area contributed by atoms with Gasteiger partial charge in [-0.1, -0.05) is 11.6 Å². The third-order valence-electron chi connectivity index (χ3n) is 3.31. The highest BCUT2D eigenvalue weighted by atomic mass is 35.5. The molecule has 1 aromatic carbocycles. The Morgan fingerprint density at radius 2 is 2.04 bits per heavy atom. The Morgan fingerprint density at radius 1 is 1.25 bits per heavy atom. The lowest BCUT2D eigenvalue weighted by Gasteiger charge is -2.04. The molecule has 120 valence electrons. The fourth-order valence-corrected chi connectivity index (χ4v) is 2.29. The minimum atomic E-state index is -0.333. The second-order valence-corrected chi connectivity index (χ2v) is 5.22. The number of aromatic nitrogens is 2. The van der Waals surface area contributed by atoms with Crippen molar-refractivity contribution in [1.29, 1.82) is 0 Å². The molecule has 7 heteroatoms. The smallest absolute Gasteiger partial charge is 0.271 e. The first-order chi connectivity index (χ1) is 11.7. The van der Waals surface area contributed by atoms with Crippen LogP contribution in [0.4, 0.5) is 0 Å². The number of ether oxygens (including phenoxy) is 1. The Bertz CT molecular complexity index is 913. The molecule has 2 aromatic heterocycles. The Balaban J connectivity index is 1.81. The monoisotopic (exact) mass is 340 g/mol. The first-order valence-corrected chi connectivity index (χ1v) is 7.43. The van der Waals surface area contributed by atoms with E-state index in [4.69, 9.17) is 16.3 Å². The third kappa shape index (κ3) is 3.49. The molecule has 2 heterocycles. The molecule has 6 nitrogen and oxygen atoms in total. The fraction of sp³-hybridized carbons (Fsp3) is 0.0588. The number of halogens is 1. The maximum absolute atomic E-state index is 11.9. The Morgan fingerprint density at radius 3 is 2.79 bits per heavy atom. The summed E-state index contributed by atoms with van der Waals surface area (Å²) < 4.78 is 5.20. The summed E-state index contributed by atoms with van der Waals surface area (Å²) in [6.45, 7) is 0. The number of hydrogen-bond donors (Lipinski definition) is 1. The number of benzene rings is 1. The average Bonchev–Trinajstić information content (AvgIpc) is 2.62. The van der Waals surface area contributed by atoms with Crippen LogP contribution in [0.15, 0.2) is 53.9 Å². The normalized spacial score (nSPS) is 10.9. The molecule has 0 radical (unpaired) electrons. The van der Waals surface area contributed by atoms with Gasteiger partial charge in [0.25, 0.3) is 5.91 Å². The van der Waals surface area contributed by atoms with Gasteiger partial charge in [-0.05, 0) is 36.4 Å². The summed E-state index contributed by atoms with van der Waals surface area (Å²) in [5.74, 6) is 0.390. The molecular formula is C17H13ClN4O2. The van der Waals surface area contributed by atoms with Gasteiger partial charge in [0.05, 0.1) is 18.8 Å². The van der Waals surface area contributed by atoms with E-state index in [0.717, 1.165) is 16.7 Å². The van der Waals surface area contributed by atoms with Crippen molar-refractivity contribution in [2.24, 2.45) is 5.10 Å². The van der Waals surface area contributed by atoms with Crippen LogP contribution in [0.3, 0.4) is 0 Å². The van der Waals surface area contributed by atoms with E-state index in [1.54, 1.807) is 19.2 Å². The summed E-state index contributed by atoms with van der Waals surface area (Å²) in [4.78, 5) is 20.1. The van der Waals surface area contributed by atoms with Gasteiger partial charge in [-0.15, -0.1) is 0 Å². The molecule has 3 aromatic rings. The summed E-state index contributed by atoms with van der Waals surface area (Å²) >= 11 is 6.15. The van der Waals surface area contributed by atoms with E-state index in [2.05, 4.69) is 20.5 Å². The SMILES string of the molecule is COc1ccc2nc(Cl)c(/C=N/NC(=O)c3ccncc3)cc2c1. The van der Waals surface area contributed by atoms with Crippen LogP contribution in [0.5, 0.6) is 5.75 Å². The van der Waals surface area contributed by atoms with E-state index in [1.165, 1.54) is 18.6 Å². The zero-order chi connectivity index (χ0) is 16.9. The summed E-state index contributed by atoms with van der Waals surface area (Å²) in [6.07, 6.45) is 4.53. The summed E-state index contributed by atoms with van der Waals surface area (Å²) in [5.41, 5.74) is 4.24. The number of rotatable bonds is 4. The molecule has 1 amide bonds. The number of hydrazone groups is 1. The van der Waals surface area contributed by atoms with Crippen molar-refractivity contribution in [3.8, 4) is 5.75 Å². The van der Waals surface area contributed by atoms with Gasteiger partial charge in [-0.3, -0.25) is 9.78 Å². The van der Waals surface area contributed by atoms with Crippen LogP contribution in [0.1, 0.15) is 15.9 Å². The number of carbonyl (C=O) groups is 1. The average molecular weight is 341 g/mol. The van der Waals surface area contributed by atoms with E-state index < -0.39 is 0 Å². The number of nitrogens with zero attached hydrogens (tertiary/aromatic N) is 3. The maximum Gasteiger partial charge on any atom is 0.271 e. The minimum Gasteiger partial charge on any atom is -0.497 e. The zero-order valence-corrected chi connectivity index (χ0v) is 13.5. The molecule has 0 unspecified atom stereocenters. The number of fused-ring (bicyclic) bond motifs is 1. The molecule has 0 aliphatic rings. The first kappa shape index (κ1) is 15.9. The standard InChI is InChI=1S/C17H13ClN4O2/c1-24-14-2-3-15-12(9-14)8-13(16(18)21-15)10-20-22-17(23)11-4-6-19-7-5-11/h2-10H,1H3,(H,22,23)/b20-10+. The molecule has 0 bridgehead atoms. The van der Waals surface area contributed by atoms with Crippen LogP contribution in [0, 0.1) is 0 Å². The number of nitrogens with one attached hydrogen (secondary N) is 1. The number of carbonyl (C=O) groups excluding carboxylic acids is 1. The van der Waals surface area contributed by atoms with Crippen molar-refractivity contribution < 1.29 is 9.53 Å². The zero-order valence-electron chi connectivity index (χ0n) is 12.7. The molecule has 3 rings (SSSR count). The van der Waals surface area contributed by atoms with E-state index in [0.29, 0.717) is 16.3 Å². The summed E-state index contributed by atoms with van der Waals surface area (Å²) in [6, 6.07) is 10.5. The van der Waals surface area contributed by atoms with Crippen molar-refractivity contribution in [1.82, 2.24) is 15.4 Å². The second-order valence-electron chi connectivity index (χ2n) is 4.86. The number of hydrogen-bond acceptors (Lipinski definition) is 5. The predicted molar refractivity (Wildman–Crippen MR) is 92.6 cm³/mol. The number of methoxy groups -OCH3 is 1. The van der Waals surface area contributed by atoms with Gasteiger partial charge in [0.2, 0.25) is 0 Å². The van der Waals surface area contributed by atoms with Crippen LogP contribution in [-0.4, -0.2) is 29.2 Å². The quantitative estimate of drug-likeness (QED) is 0.450. The van der Waals surface area contributed by atoms with Gasteiger partial charge in [0.15, 0.2) is 0 Å². The second kappa shape index (κ2) is 7.06. The number of amides is 1. The summed E-state index contributed by atoms with van der Waals surface area (Å²) in [7, 11) is 1.60. The third-order valence-corrected chi connectivity index (χ3v) is 3.62. The summed E-state index contributed by atoms with van der Waals surface area (Å²) in [5, 5.41) is 5.09. The highest BCUT2D eigenvalue weighted by Crippen LogP contribution is 2.23. The van der Waals surface area contributed by atoms with Crippen molar-refractivity contribution in [3.63, 3.8) is 0 Å². The van der Waals surface area contributed by atoms with Crippen molar-refractivity contribution in [2.45, 2.75) is 0 Å². The molecule has 0 aliphatic carbocycles. The van der Waals surface area contributed by atoms with Crippen LogP contribution in [-0.2, 0) is 0 Å². The van der Waals surface area contributed by atoms with Crippen molar-refractivity contribution in [2.75, 3.05) is 7.11 Å². The van der Waals surface area contributed by atoms with Gasteiger partial charge < -0.3 is 4.74 Å². The van der Waals surface area contributed by atoms with Crippen LogP contribution in [0.2, 0.25) is 5.15 Å². The van der Waals surface area contributed by atoms with Crippen molar-refractivity contribution >= 4 is 34.6 Å². The molecule has 0 fully saturated rings. The molecule has 0 spiro atoms. The highest BCUT2D eigenvalue weighted by Gasteiger charge is 2.06. The lowest BCUT2D eigenvalue weighted by molar-refractivity contribution is 0.0955. The first-order valence-electron chi connectivity index (χ1n) is 7.05. The van der Waals surface area contributed by atoms with E-state index in [-0.39, 0.29) is 5.91 Å². The molecule has 0 atom stereocenters. The van der Waals surface area contributed by atoms with E-state index in [1.807, 2.05) is 24.3 Å². The minimum absolute atomic E-state index is 0.301. The van der Waals surface area contributed by atoms with Gasteiger partial charge in [0.1, 0.15) is 10.9 Å². The predicted octanol–water partition coefficient (Wildman–Crippen LogP) is 3.06. The Labute approximate surface area is 143 Å². The molecule has 1 N–H and O–H groups in total. The van der Waals surface area contributed by atoms with Gasteiger partial charge in [0, 0.05) is 28.9 Å². The molecule has 0 saturated carbocycles. The molecule has 0 aliphatic heterocycles. The van der Waals surface area contributed by atoms with Crippen LogP contribution >= 0.6 is 11.6 Å². The van der Waals surface area contributed by atoms with Gasteiger partial charge in [-0.25, -0.2) is 10.4 Å². The fourth-order valence-electron chi connectivity index (χ4n) is 2.09. The topological polar surface area (TPSA) is 76.5 Å². The van der Waals surface area contributed by atoms with E-state index >= 15 is 0 Å². The van der Waals surface area contributed by atoms with Crippen molar-refractivity contribution in [3.05, 3.63) is 65.1 Å². The van der Waals surface area contributed by atoms with Gasteiger partial charge >= 0.3 is 0 Å². The molecule has 0 saturated heterocycles. The maximum atomic E-state index is 11.9.